The molecule has 3 rings (SSSR count). The zero-order chi connectivity index (χ0) is 11.7. The van der Waals surface area contributed by atoms with Crippen molar-refractivity contribution in [2.24, 2.45) is 5.92 Å². The Kier molecular flexibility index (Phi) is 2.85. The Balaban J connectivity index is 1.78. The molecule has 0 bridgehead atoms. The molecule has 2 heterocycles. The highest BCUT2D eigenvalue weighted by atomic mass is 15.1. The van der Waals surface area contributed by atoms with Crippen LogP contribution in [0.2, 0.25) is 0 Å². The molecule has 0 radical (unpaired) electrons. The molecule has 0 saturated carbocycles. The van der Waals surface area contributed by atoms with E-state index in [0.29, 0.717) is 6.04 Å². The molecule has 3 nitrogen and oxygen atoms in total. The van der Waals surface area contributed by atoms with Gasteiger partial charge in [-0.1, -0.05) is 19.1 Å². The summed E-state index contributed by atoms with van der Waals surface area (Å²) in [6, 6.07) is 7.05. The third kappa shape index (κ3) is 2.20. The molecule has 0 spiro atoms. The van der Waals surface area contributed by atoms with Gasteiger partial charge in [0.1, 0.15) is 0 Å². The van der Waals surface area contributed by atoms with Crippen molar-refractivity contribution in [3.8, 4) is 0 Å². The standard InChI is InChI=1S/C14H19N3/c1-10-5-6-12(15-8-10)7-11-3-2-4-14-13(11)9-16-17-14/h2-4,9-10,12,15H,5-8H2,1H3,(H,16,17)/t10-,12?/m0/s1. The number of fused-ring (bicyclic) bond motifs is 1. The van der Waals surface area contributed by atoms with Crippen LogP contribution < -0.4 is 5.32 Å². The Morgan fingerprint density at radius 2 is 2.29 bits per heavy atom. The molecule has 0 aliphatic carbocycles. The number of benzene rings is 1. The van der Waals surface area contributed by atoms with E-state index in [4.69, 9.17) is 0 Å². The van der Waals surface area contributed by atoms with Crippen LogP contribution in [-0.2, 0) is 6.42 Å². The van der Waals surface area contributed by atoms with Crippen LogP contribution in [0.3, 0.4) is 0 Å². The second-order valence-electron chi connectivity index (χ2n) is 5.24. The lowest BCUT2D eigenvalue weighted by Gasteiger charge is -2.28. The maximum Gasteiger partial charge on any atom is 0.0653 e. The fraction of sp³-hybridized carbons (Fsp3) is 0.500. The molecule has 90 valence electrons. The van der Waals surface area contributed by atoms with Crippen LogP contribution in [0, 0.1) is 5.92 Å². The van der Waals surface area contributed by atoms with Crippen molar-refractivity contribution in [3.05, 3.63) is 30.0 Å². The first kappa shape index (κ1) is 10.8. The van der Waals surface area contributed by atoms with Gasteiger partial charge in [-0.3, -0.25) is 5.10 Å². The molecule has 1 aromatic carbocycles. The second-order valence-corrected chi connectivity index (χ2v) is 5.24. The van der Waals surface area contributed by atoms with E-state index in [1.165, 1.54) is 23.8 Å². The molecule has 1 aromatic heterocycles. The largest absolute Gasteiger partial charge is 0.313 e. The number of aromatic amines is 1. The molecule has 1 saturated heterocycles. The molecular weight excluding hydrogens is 210 g/mol. The van der Waals surface area contributed by atoms with E-state index >= 15 is 0 Å². The second kappa shape index (κ2) is 4.49. The average molecular weight is 229 g/mol. The van der Waals surface area contributed by atoms with Crippen molar-refractivity contribution in [1.29, 1.82) is 0 Å². The SMILES string of the molecule is C[C@H]1CCC(Cc2cccc3[nH]ncc23)NC1. The fourth-order valence-electron chi connectivity index (χ4n) is 2.70. The Bertz CT molecular complexity index is 495. The number of rotatable bonds is 2. The van der Waals surface area contributed by atoms with Crippen LogP contribution in [0.15, 0.2) is 24.4 Å². The first-order valence-electron chi connectivity index (χ1n) is 6.47. The molecule has 2 aromatic rings. The predicted octanol–water partition coefficient (Wildman–Crippen LogP) is 2.49. The van der Waals surface area contributed by atoms with Crippen LogP contribution in [-0.4, -0.2) is 22.8 Å². The summed E-state index contributed by atoms with van der Waals surface area (Å²) in [4.78, 5) is 0. The zero-order valence-electron chi connectivity index (χ0n) is 10.2. The monoisotopic (exact) mass is 229 g/mol. The summed E-state index contributed by atoms with van der Waals surface area (Å²) >= 11 is 0. The lowest BCUT2D eigenvalue weighted by atomic mass is 9.92. The minimum atomic E-state index is 0.631. The molecule has 2 atom stereocenters. The van der Waals surface area contributed by atoms with Gasteiger partial charge < -0.3 is 5.32 Å². The molecule has 0 amide bonds. The zero-order valence-corrected chi connectivity index (χ0v) is 10.2. The smallest absolute Gasteiger partial charge is 0.0653 e. The number of nitrogens with one attached hydrogen (secondary N) is 2. The van der Waals surface area contributed by atoms with E-state index in [1.54, 1.807) is 0 Å². The Labute approximate surface area is 102 Å². The van der Waals surface area contributed by atoms with Gasteiger partial charge in [0, 0.05) is 11.4 Å². The van der Waals surface area contributed by atoms with Gasteiger partial charge in [-0.25, -0.2) is 0 Å². The first-order chi connectivity index (χ1) is 8.33. The third-order valence-electron chi connectivity index (χ3n) is 3.80. The number of nitrogens with zero attached hydrogens (tertiary/aromatic N) is 1. The van der Waals surface area contributed by atoms with E-state index < -0.39 is 0 Å². The summed E-state index contributed by atoms with van der Waals surface area (Å²) in [5.74, 6) is 0.830. The van der Waals surface area contributed by atoms with Gasteiger partial charge in [-0.2, -0.15) is 5.10 Å². The molecule has 1 aliphatic rings. The summed E-state index contributed by atoms with van der Waals surface area (Å²) in [6.07, 6.45) is 5.69. The van der Waals surface area contributed by atoms with Crippen LogP contribution in [0.25, 0.3) is 10.9 Å². The minimum absolute atomic E-state index is 0.631. The normalized spacial score (nSPS) is 25.2. The Morgan fingerprint density at radius 1 is 1.35 bits per heavy atom. The molecule has 1 fully saturated rings. The summed E-state index contributed by atoms with van der Waals surface area (Å²) in [5, 5.41) is 12.1. The van der Waals surface area contributed by atoms with Crippen molar-refractivity contribution in [2.75, 3.05) is 6.54 Å². The average Bonchev–Trinajstić information content (AvgIpc) is 2.81. The van der Waals surface area contributed by atoms with Gasteiger partial charge in [0.2, 0.25) is 0 Å². The van der Waals surface area contributed by atoms with Gasteiger partial charge in [0.15, 0.2) is 0 Å². The summed E-state index contributed by atoms with van der Waals surface area (Å²) in [6.45, 7) is 3.48. The Hall–Kier alpha value is -1.35. The van der Waals surface area contributed by atoms with Crippen LogP contribution in [0.4, 0.5) is 0 Å². The van der Waals surface area contributed by atoms with E-state index in [2.05, 4.69) is 40.6 Å². The number of hydrogen-bond acceptors (Lipinski definition) is 2. The molecule has 3 heteroatoms. The van der Waals surface area contributed by atoms with Crippen LogP contribution in [0.1, 0.15) is 25.3 Å². The number of H-pyrrole nitrogens is 1. The van der Waals surface area contributed by atoms with Crippen molar-refractivity contribution in [3.63, 3.8) is 0 Å². The highest BCUT2D eigenvalue weighted by Crippen LogP contribution is 2.21. The van der Waals surface area contributed by atoms with Gasteiger partial charge >= 0.3 is 0 Å². The number of hydrogen-bond donors (Lipinski definition) is 2. The van der Waals surface area contributed by atoms with E-state index in [-0.39, 0.29) is 0 Å². The highest BCUT2D eigenvalue weighted by molar-refractivity contribution is 5.81. The number of piperidine rings is 1. The topological polar surface area (TPSA) is 40.7 Å². The van der Waals surface area contributed by atoms with Crippen molar-refractivity contribution in [1.82, 2.24) is 15.5 Å². The van der Waals surface area contributed by atoms with Crippen LogP contribution in [0.5, 0.6) is 0 Å². The van der Waals surface area contributed by atoms with Crippen molar-refractivity contribution in [2.45, 2.75) is 32.2 Å². The molecule has 2 N–H and O–H groups in total. The predicted molar refractivity (Wildman–Crippen MR) is 70.0 cm³/mol. The summed E-state index contributed by atoms with van der Waals surface area (Å²) < 4.78 is 0. The van der Waals surface area contributed by atoms with E-state index in [1.807, 2.05) is 6.20 Å². The number of aromatic nitrogens is 2. The Morgan fingerprint density at radius 3 is 3.12 bits per heavy atom. The fourth-order valence-corrected chi connectivity index (χ4v) is 2.70. The quantitative estimate of drug-likeness (QED) is 0.830. The summed E-state index contributed by atoms with van der Waals surface area (Å²) in [5.41, 5.74) is 2.55. The van der Waals surface area contributed by atoms with Gasteiger partial charge in [-0.15, -0.1) is 0 Å². The van der Waals surface area contributed by atoms with E-state index in [9.17, 15) is 0 Å². The summed E-state index contributed by atoms with van der Waals surface area (Å²) in [7, 11) is 0. The molecule has 1 unspecified atom stereocenters. The van der Waals surface area contributed by atoms with E-state index in [0.717, 1.165) is 24.4 Å². The molecule has 1 aliphatic heterocycles. The lowest BCUT2D eigenvalue weighted by Crippen LogP contribution is -2.39. The van der Waals surface area contributed by atoms with Gasteiger partial charge in [-0.05, 0) is 43.4 Å². The molecule has 17 heavy (non-hydrogen) atoms. The van der Waals surface area contributed by atoms with Gasteiger partial charge in [0.05, 0.1) is 11.7 Å². The third-order valence-corrected chi connectivity index (χ3v) is 3.80. The minimum Gasteiger partial charge on any atom is -0.313 e. The highest BCUT2D eigenvalue weighted by Gasteiger charge is 2.18. The maximum atomic E-state index is 4.12. The van der Waals surface area contributed by atoms with Crippen LogP contribution >= 0.6 is 0 Å². The van der Waals surface area contributed by atoms with Gasteiger partial charge in [0.25, 0.3) is 0 Å². The van der Waals surface area contributed by atoms with Crippen molar-refractivity contribution >= 4 is 10.9 Å². The first-order valence-corrected chi connectivity index (χ1v) is 6.47. The lowest BCUT2D eigenvalue weighted by molar-refractivity contribution is 0.326. The van der Waals surface area contributed by atoms with Crippen molar-refractivity contribution < 1.29 is 0 Å². The maximum absolute atomic E-state index is 4.12. The molecular formula is C14H19N3.